The highest BCUT2D eigenvalue weighted by atomic mass is 16.5. The van der Waals surface area contributed by atoms with Gasteiger partial charge in [-0.3, -0.25) is 5.10 Å². The molecule has 2 aromatic rings. The molecule has 1 aromatic heterocycles. The minimum Gasteiger partial charge on any atom is -0.491 e. The van der Waals surface area contributed by atoms with Crippen LogP contribution in [0.2, 0.25) is 0 Å². The summed E-state index contributed by atoms with van der Waals surface area (Å²) in [5.41, 5.74) is 9.10. The van der Waals surface area contributed by atoms with Crippen molar-refractivity contribution in [2.45, 2.75) is 39.2 Å². The smallest absolute Gasteiger partial charge is 0.244 e. The number of allylic oxidation sites excluding steroid dienone is 1. The molecular formula is C18H20N4O2. The van der Waals surface area contributed by atoms with Gasteiger partial charge in [-0.15, -0.1) is 5.10 Å². The number of aromatic amines is 1. The largest absolute Gasteiger partial charge is 0.491 e. The Morgan fingerprint density at radius 3 is 2.67 bits per heavy atom. The summed E-state index contributed by atoms with van der Waals surface area (Å²) in [4.78, 5) is 0. The molecule has 24 heavy (non-hydrogen) atoms. The number of benzene rings is 1. The minimum absolute atomic E-state index is 0.103. The summed E-state index contributed by atoms with van der Waals surface area (Å²) in [6.07, 6.45) is 0.867. The SMILES string of the molecule is CCc1[nH]nc2c1C(c1ccc(OC(C)C)cc1)C(C#N)=C(N)O2. The molecular weight excluding hydrogens is 304 g/mol. The Labute approximate surface area is 140 Å². The third-order valence-electron chi connectivity index (χ3n) is 3.96. The highest BCUT2D eigenvalue weighted by Crippen LogP contribution is 2.43. The zero-order chi connectivity index (χ0) is 17.3. The van der Waals surface area contributed by atoms with E-state index < -0.39 is 0 Å². The number of nitrogens with two attached hydrogens (primary N) is 1. The topological polar surface area (TPSA) is 97.0 Å². The Morgan fingerprint density at radius 1 is 1.38 bits per heavy atom. The highest BCUT2D eigenvalue weighted by molar-refractivity contribution is 5.55. The number of fused-ring (bicyclic) bond motifs is 1. The van der Waals surface area contributed by atoms with Crippen molar-refractivity contribution in [2.24, 2.45) is 5.73 Å². The minimum atomic E-state index is -0.291. The molecule has 1 atom stereocenters. The third kappa shape index (κ3) is 2.69. The van der Waals surface area contributed by atoms with Crippen molar-refractivity contribution >= 4 is 0 Å². The van der Waals surface area contributed by atoms with Gasteiger partial charge < -0.3 is 15.2 Å². The van der Waals surface area contributed by atoms with Gasteiger partial charge in [-0.1, -0.05) is 19.1 Å². The predicted molar refractivity (Wildman–Crippen MR) is 89.5 cm³/mol. The summed E-state index contributed by atoms with van der Waals surface area (Å²) in [6.45, 7) is 5.99. The lowest BCUT2D eigenvalue weighted by atomic mass is 9.83. The average molecular weight is 324 g/mol. The molecule has 0 saturated carbocycles. The van der Waals surface area contributed by atoms with Crippen molar-refractivity contribution < 1.29 is 9.47 Å². The van der Waals surface area contributed by atoms with Gasteiger partial charge in [0, 0.05) is 11.3 Å². The van der Waals surface area contributed by atoms with E-state index in [4.69, 9.17) is 15.2 Å². The Kier molecular flexibility index (Phi) is 4.17. The summed E-state index contributed by atoms with van der Waals surface area (Å²) in [5.74, 6) is 1.04. The molecule has 1 unspecified atom stereocenters. The van der Waals surface area contributed by atoms with Crippen molar-refractivity contribution in [2.75, 3.05) is 0 Å². The Bertz CT molecular complexity index is 813. The zero-order valence-corrected chi connectivity index (χ0v) is 14.0. The fourth-order valence-corrected chi connectivity index (χ4v) is 2.92. The van der Waals surface area contributed by atoms with E-state index in [9.17, 15) is 5.26 Å². The van der Waals surface area contributed by atoms with Crippen LogP contribution in [0, 0.1) is 11.3 Å². The summed E-state index contributed by atoms with van der Waals surface area (Å²) in [6, 6.07) is 9.90. The first-order valence-electron chi connectivity index (χ1n) is 7.96. The molecule has 0 fully saturated rings. The van der Waals surface area contributed by atoms with E-state index in [0.29, 0.717) is 11.5 Å². The standard InChI is InChI=1S/C18H20N4O2/c1-4-14-16-15(11-5-7-12(8-6-11)23-10(2)3)13(9-19)17(20)24-18(16)22-21-14/h5-8,10,15H,4,20H2,1-3H3,(H,21,22). The van der Waals surface area contributed by atoms with Crippen LogP contribution in [0.3, 0.4) is 0 Å². The van der Waals surface area contributed by atoms with E-state index in [2.05, 4.69) is 16.3 Å². The maximum Gasteiger partial charge on any atom is 0.244 e. The molecule has 3 N–H and O–H groups in total. The number of hydrogen-bond acceptors (Lipinski definition) is 5. The third-order valence-corrected chi connectivity index (χ3v) is 3.96. The molecule has 6 heteroatoms. The van der Waals surface area contributed by atoms with Crippen molar-refractivity contribution in [3.8, 4) is 17.7 Å². The maximum absolute atomic E-state index is 9.57. The Balaban J connectivity index is 2.07. The number of ether oxygens (including phenoxy) is 2. The first kappa shape index (κ1) is 15.9. The Hall–Kier alpha value is -2.94. The zero-order valence-electron chi connectivity index (χ0n) is 14.0. The van der Waals surface area contributed by atoms with Crippen LogP contribution in [-0.4, -0.2) is 16.3 Å². The van der Waals surface area contributed by atoms with Crippen LogP contribution < -0.4 is 15.2 Å². The molecule has 1 aliphatic heterocycles. The molecule has 2 heterocycles. The van der Waals surface area contributed by atoms with Crippen molar-refractivity contribution in [1.82, 2.24) is 10.2 Å². The van der Waals surface area contributed by atoms with Crippen LogP contribution in [0.5, 0.6) is 11.6 Å². The fraction of sp³-hybridized carbons (Fsp3) is 0.333. The van der Waals surface area contributed by atoms with Crippen LogP contribution in [0.15, 0.2) is 35.7 Å². The van der Waals surface area contributed by atoms with Gasteiger partial charge in [0.25, 0.3) is 0 Å². The normalized spacial score (nSPS) is 16.5. The molecule has 0 saturated heterocycles. The second-order valence-electron chi connectivity index (χ2n) is 5.93. The number of hydrogen-bond donors (Lipinski definition) is 2. The van der Waals surface area contributed by atoms with Crippen LogP contribution in [0.1, 0.15) is 43.5 Å². The van der Waals surface area contributed by atoms with Gasteiger partial charge in [0.05, 0.1) is 12.0 Å². The van der Waals surface area contributed by atoms with E-state index in [0.717, 1.165) is 29.0 Å². The fourth-order valence-electron chi connectivity index (χ4n) is 2.92. The van der Waals surface area contributed by atoms with Crippen LogP contribution >= 0.6 is 0 Å². The monoisotopic (exact) mass is 324 g/mol. The molecule has 3 rings (SSSR count). The van der Waals surface area contributed by atoms with Gasteiger partial charge in [0.2, 0.25) is 11.8 Å². The van der Waals surface area contributed by atoms with E-state index in [1.165, 1.54) is 0 Å². The summed E-state index contributed by atoms with van der Waals surface area (Å²) in [5, 5.41) is 16.7. The lowest BCUT2D eigenvalue weighted by molar-refractivity contribution is 0.242. The van der Waals surface area contributed by atoms with Crippen molar-refractivity contribution in [1.29, 1.82) is 5.26 Å². The second-order valence-corrected chi connectivity index (χ2v) is 5.93. The number of rotatable bonds is 4. The van der Waals surface area contributed by atoms with Crippen LogP contribution in [0.4, 0.5) is 0 Å². The van der Waals surface area contributed by atoms with Crippen molar-refractivity contribution in [3.63, 3.8) is 0 Å². The predicted octanol–water partition coefficient (Wildman–Crippen LogP) is 2.98. The van der Waals surface area contributed by atoms with E-state index in [1.807, 2.05) is 45.0 Å². The molecule has 0 amide bonds. The second kappa shape index (κ2) is 6.28. The number of nitrogens with one attached hydrogen (secondary N) is 1. The van der Waals surface area contributed by atoms with E-state index in [1.54, 1.807) is 0 Å². The summed E-state index contributed by atoms with van der Waals surface area (Å²) in [7, 11) is 0. The first-order valence-corrected chi connectivity index (χ1v) is 7.96. The van der Waals surface area contributed by atoms with Gasteiger partial charge in [0.15, 0.2) is 0 Å². The van der Waals surface area contributed by atoms with Crippen LogP contribution in [0.25, 0.3) is 0 Å². The highest BCUT2D eigenvalue weighted by Gasteiger charge is 2.34. The lowest BCUT2D eigenvalue weighted by Gasteiger charge is -2.24. The van der Waals surface area contributed by atoms with Crippen LogP contribution in [-0.2, 0) is 6.42 Å². The Morgan fingerprint density at radius 2 is 2.08 bits per heavy atom. The van der Waals surface area contributed by atoms with Crippen molar-refractivity contribution in [3.05, 3.63) is 52.5 Å². The molecule has 0 spiro atoms. The van der Waals surface area contributed by atoms with Gasteiger partial charge >= 0.3 is 0 Å². The van der Waals surface area contributed by atoms with E-state index in [-0.39, 0.29) is 17.9 Å². The lowest BCUT2D eigenvalue weighted by Crippen LogP contribution is -2.21. The average Bonchev–Trinajstić information content (AvgIpc) is 2.96. The molecule has 1 aliphatic rings. The first-order chi connectivity index (χ1) is 11.5. The number of aryl methyl sites for hydroxylation is 1. The number of nitrogens with zero attached hydrogens (tertiary/aromatic N) is 2. The van der Waals surface area contributed by atoms with Gasteiger partial charge in [-0.05, 0) is 38.0 Å². The molecule has 0 radical (unpaired) electrons. The maximum atomic E-state index is 9.57. The van der Waals surface area contributed by atoms with Gasteiger partial charge in [-0.2, -0.15) is 5.26 Å². The molecule has 124 valence electrons. The molecule has 0 bridgehead atoms. The molecule has 1 aromatic carbocycles. The summed E-state index contributed by atoms with van der Waals surface area (Å²) < 4.78 is 11.2. The number of aromatic nitrogens is 2. The summed E-state index contributed by atoms with van der Waals surface area (Å²) >= 11 is 0. The quantitative estimate of drug-likeness (QED) is 0.901. The van der Waals surface area contributed by atoms with Gasteiger partial charge in [0.1, 0.15) is 17.4 Å². The number of H-pyrrole nitrogens is 1. The van der Waals surface area contributed by atoms with E-state index >= 15 is 0 Å². The molecule has 0 aliphatic carbocycles. The molecule has 6 nitrogen and oxygen atoms in total. The number of nitriles is 1. The van der Waals surface area contributed by atoms with Gasteiger partial charge in [-0.25, -0.2) is 0 Å².